The molecule has 1 saturated carbocycles. The van der Waals surface area contributed by atoms with E-state index in [1.54, 1.807) is 0 Å². The van der Waals surface area contributed by atoms with Crippen molar-refractivity contribution < 1.29 is 9.53 Å². The molecule has 0 spiro atoms. The zero-order valence-corrected chi connectivity index (χ0v) is 7.82. The molecule has 1 aliphatic carbocycles. The summed E-state index contributed by atoms with van der Waals surface area (Å²) in [4.78, 5) is 11.4. The predicted octanol–water partition coefficient (Wildman–Crippen LogP) is -0.373. The van der Waals surface area contributed by atoms with E-state index in [0.29, 0.717) is 18.6 Å². The van der Waals surface area contributed by atoms with Gasteiger partial charge in [-0.15, -0.1) is 0 Å². The molecule has 4 atom stereocenters. The summed E-state index contributed by atoms with van der Waals surface area (Å²) in [6, 6.07) is 0.472. The zero-order valence-electron chi connectivity index (χ0n) is 7.82. The Hall–Kier alpha value is -0.610. The lowest BCUT2D eigenvalue weighted by molar-refractivity contribution is -0.146. The van der Waals surface area contributed by atoms with E-state index in [9.17, 15) is 4.79 Å². The summed E-state index contributed by atoms with van der Waals surface area (Å²) in [5, 5.41) is 3.23. The maximum Gasteiger partial charge on any atom is 0.323 e. The maximum absolute atomic E-state index is 11.4. The highest BCUT2D eigenvalue weighted by atomic mass is 16.5. The monoisotopic (exact) mass is 184 g/mol. The Morgan fingerprint density at radius 2 is 2.38 bits per heavy atom. The predicted molar refractivity (Wildman–Crippen MR) is 48.0 cm³/mol. The Kier molecular flexibility index (Phi) is 2.26. The van der Waals surface area contributed by atoms with Gasteiger partial charge in [0.05, 0.1) is 6.61 Å². The minimum Gasteiger partial charge on any atom is -0.465 e. The third kappa shape index (κ3) is 1.44. The van der Waals surface area contributed by atoms with Gasteiger partial charge in [-0.1, -0.05) is 0 Å². The second-order valence-corrected chi connectivity index (χ2v) is 3.90. The smallest absolute Gasteiger partial charge is 0.323 e. The van der Waals surface area contributed by atoms with Crippen molar-refractivity contribution in [1.29, 1.82) is 0 Å². The van der Waals surface area contributed by atoms with Crippen LogP contribution in [0.5, 0.6) is 0 Å². The van der Waals surface area contributed by atoms with Crippen molar-refractivity contribution in [1.82, 2.24) is 5.32 Å². The Labute approximate surface area is 77.8 Å². The molecule has 2 rings (SSSR count). The molecule has 4 nitrogen and oxygen atoms in total. The number of rotatable bonds is 2. The molecule has 4 heteroatoms. The summed E-state index contributed by atoms with van der Waals surface area (Å²) in [5.74, 6) is 0.293. The van der Waals surface area contributed by atoms with Crippen molar-refractivity contribution in [3.05, 3.63) is 0 Å². The van der Waals surface area contributed by atoms with E-state index in [-0.39, 0.29) is 18.1 Å². The second kappa shape index (κ2) is 3.27. The van der Waals surface area contributed by atoms with Crippen LogP contribution in [-0.4, -0.2) is 30.7 Å². The standard InChI is InChI=1S/C9H16N2O2/c1-2-13-9(12)8-5-3-6(10)7(4-5)11-8/h5-8,11H,2-4,10H2,1H3/t5-,6+,7-,8-/m1/s1. The Morgan fingerprint density at radius 1 is 1.62 bits per heavy atom. The SMILES string of the molecule is CCOC(=O)[C@@H]1N[C@@H]2C[C@H]1C[C@@H]2N. The van der Waals surface area contributed by atoms with Crippen LogP contribution in [0.2, 0.25) is 0 Å². The lowest BCUT2D eigenvalue weighted by atomic mass is 9.99. The fourth-order valence-electron chi connectivity index (χ4n) is 2.43. The first-order valence-electron chi connectivity index (χ1n) is 4.90. The summed E-state index contributed by atoms with van der Waals surface area (Å²) in [6.07, 6.45) is 1.99. The second-order valence-electron chi connectivity index (χ2n) is 3.90. The third-order valence-corrected chi connectivity index (χ3v) is 3.05. The zero-order chi connectivity index (χ0) is 9.42. The van der Waals surface area contributed by atoms with Crippen LogP contribution >= 0.6 is 0 Å². The lowest BCUT2D eigenvalue weighted by Gasteiger charge is -2.25. The highest BCUT2D eigenvalue weighted by Crippen LogP contribution is 2.34. The number of carbonyl (C=O) groups is 1. The summed E-state index contributed by atoms with van der Waals surface area (Å²) < 4.78 is 4.97. The van der Waals surface area contributed by atoms with E-state index >= 15 is 0 Å². The number of hydrogen-bond donors (Lipinski definition) is 2. The van der Waals surface area contributed by atoms with Crippen LogP contribution in [0.3, 0.4) is 0 Å². The van der Waals surface area contributed by atoms with E-state index in [0.717, 1.165) is 12.8 Å². The number of hydrogen-bond acceptors (Lipinski definition) is 4. The first kappa shape index (κ1) is 8.97. The van der Waals surface area contributed by atoms with E-state index in [1.807, 2.05) is 6.92 Å². The lowest BCUT2D eigenvalue weighted by Crippen LogP contribution is -2.50. The minimum absolute atomic E-state index is 0.0928. The topological polar surface area (TPSA) is 64.3 Å². The van der Waals surface area contributed by atoms with Gasteiger partial charge in [0, 0.05) is 12.1 Å². The van der Waals surface area contributed by atoms with Gasteiger partial charge in [0.25, 0.3) is 0 Å². The van der Waals surface area contributed by atoms with Crippen molar-refractivity contribution in [3.63, 3.8) is 0 Å². The number of piperidine rings is 1. The summed E-state index contributed by atoms with van der Waals surface area (Å²) in [7, 11) is 0. The summed E-state index contributed by atoms with van der Waals surface area (Å²) >= 11 is 0. The first-order valence-corrected chi connectivity index (χ1v) is 4.90. The normalized spacial score (nSPS) is 42.3. The molecule has 3 N–H and O–H groups in total. The molecule has 0 unspecified atom stereocenters. The Morgan fingerprint density at radius 3 is 2.85 bits per heavy atom. The molecule has 2 bridgehead atoms. The van der Waals surface area contributed by atoms with Crippen LogP contribution in [0.15, 0.2) is 0 Å². The molecule has 2 aliphatic rings. The van der Waals surface area contributed by atoms with Gasteiger partial charge < -0.3 is 10.5 Å². The van der Waals surface area contributed by atoms with Gasteiger partial charge in [-0.3, -0.25) is 10.1 Å². The highest BCUT2D eigenvalue weighted by molar-refractivity contribution is 5.77. The maximum atomic E-state index is 11.4. The minimum atomic E-state index is -0.109. The molecule has 0 aromatic carbocycles. The van der Waals surface area contributed by atoms with E-state index in [2.05, 4.69) is 5.32 Å². The van der Waals surface area contributed by atoms with Crippen LogP contribution < -0.4 is 11.1 Å². The quantitative estimate of drug-likeness (QED) is 0.575. The third-order valence-electron chi connectivity index (χ3n) is 3.05. The van der Waals surface area contributed by atoms with Gasteiger partial charge in [0.15, 0.2) is 0 Å². The molecular weight excluding hydrogens is 168 g/mol. The van der Waals surface area contributed by atoms with E-state index in [4.69, 9.17) is 10.5 Å². The molecular formula is C9H16N2O2. The fraction of sp³-hybridized carbons (Fsp3) is 0.889. The first-order chi connectivity index (χ1) is 6.22. The summed E-state index contributed by atoms with van der Waals surface area (Å²) in [5.41, 5.74) is 5.84. The van der Waals surface area contributed by atoms with Gasteiger partial charge in [-0.2, -0.15) is 0 Å². The van der Waals surface area contributed by atoms with Gasteiger partial charge >= 0.3 is 5.97 Å². The van der Waals surface area contributed by atoms with Gasteiger partial charge in [0.2, 0.25) is 0 Å². The highest BCUT2D eigenvalue weighted by Gasteiger charge is 2.47. The Bertz CT molecular complexity index is 218. The molecule has 0 amide bonds. The molecule has 13 heavy (non-hydrogen) atoms. The van der Waals surface area contributed by atoms with Crippen molar-refractivity contribution >= 4 is 5.97 Å². The number of esters is 1. The van der Waals surface area contributed by atoms with Crippen molar-refractivity contribution in [2.24, 2.45) is 11.7 Å². The molecule has 0 radical (unpaired) electrons. The number of ether oxygens (including phenoxy) is 1. The van der Waals surface area contributed by atoms with Gasteiger partial charge in [-0.25, -0.2) is 0 Å². The largest absolute Gasteiger partial charge is 0.465 e. The Balaban J connectivity index is 1.95. The number of fused-ring (bicyclic) bond motifs is 2. The number of carbonyl (C=O) groups excluding carboxylic acids is 1. The summed E-state index contributed by atoms with van der Waals surface area (Å²) in [6.45, 7) is 2.29. The number of nitrogens with one attached hydrogen (secondary N) is 1. The van der Waals surface area contributed by atoms with E-state index in [1.165, 1.54) is 0 Å². The van der Waals surface area contributed by atoms with Crippen molar-refractivity contribution in [2.45, 2.75) is 37.9 Å². The molecule has 74 valence electrons. The van der Waals surface area contributed by atoms with Crippen LogP contribution in [0.25, 0.3) is 0 Å². The average molecular weight is 184 g/mol. The van der Waals surface area contributed by atoms with Crippen LogP contribution in [0.1, 0.15) is 19.8 Å². The average Bonchev–Trinajstić information content (AvgIpc) is 2.62. The van der Waals surface area contributed by atoms with E-state index < -0.39 is 0 Å². The molecule has 2 fully saturated rings. The van der Waals surface area contributed by atoms with Crippen LogP contribution in [0, 0.1) is 5.92 Å². The molecule has 1 heterocycles. The van der Waals surface area contributed by atoms with Crippen molar-refractivity contribution in [2.75, 3.05) is 6.61 Å². The molecule has 0 aromatic heterocycles. The van der Waals surface area contributed by atoms with Crippen molar-refractivity contribution in [3.8, 4) is 0 Å². The van der Waals surface area contributed by atoms with Crippen LogP contribution in [0.4, 0.5) is 0 Å². The van der Waals surface area contributed by atoms with Gasteiger partial charge in [0.1, 0.15) is 6.04 Å². The number of nitrogens with two attached hydrogens (primary N) is 1. The molecule has 1 aliphatic heterocycles. The van der Waals surface area contributed by atoms with Crippen LogP contribution in [-0.2, 0) is 9.53 Å². The molecule has 0 aromatic rings. The fourth-order valence-corrected chi connectivity index (χ4v) is 2.43. The molecule has 1 saturated heterocycles. The van der Waals surface area contributed by atoms with Gasteiger partial charge in [-0.05, 0) is 25.7 Å².